The molecule has 0 aromatic heterocycles. The molecule has 0 saturated carbocycles. The SMILES string of the molecule is CC1=C(C#N)C(c2ccc(C#N)cc2S(=O)(=O)NCCO)N(C)C(=O)N1c1cccc(C(F)(F)F)c1. The number of rotatable bonds is 6. The number of nitrogens with zero attached hydrogens (tertiary/aromatic N) is 4. The average molecular weight is 520 g/mol. The first-order valence-corrected chi connectivity index (χ1v) is 11.8. The van der Waals surface area contributed by atoms with Gasteiger partial charge in [-0.15, -0.1) is 0 Å². The van der Waals surface area contributed by atoms with Gasteiger partial charge in [0.05, 0.1) is 52.1 Å². The van der Waals surface area contributed by atoms with Crippen molar-refractivity contribution in [3.05, 3.63) is 70.4 Å². The van der Waals surface area contributed by atoms with E-state index in [1.165, 1.54) is 32.2 Å². The Balaban J connectivity index is 2.23. The number of urea groups is 1. The maximum absolute atomic E-state index is 13.4. The molecule has 2 aromatic rings. The topological polar surface area (TPSA) is 138 Å². The van der Waals surface area contributed by atoms with Gasteiger partial charge in [0.1, 0.15) is 0 Å². The third kappa shape index (κ3) is 4.90. The van der Waals surface area contributed by atoms with Crippen LogP contribution in [0.5, 0.6) is 0 Å². The standard InChI is InChI=1S/C23H20F3N5O4S/c1-14-19(13-28)21(18-7-6-15(12-27)10-20(18)36(34,35)29-8-9-32)30(2)22(33)31(14)17-5-3-4-16(11-17)23(24,25)26/h3-7,10-11,21,29,32H,8-9H2,1-2H3. The summed E-state index contributed by atoms with van der Waals surface area (Å²) in [6, 6.07) is 9.50. The quantitative estimate of drug-likeness (QED) is 0.601. The zero-order valence-electron chi connectivity index (χ0n) is 19.0. The number of aliphatic hydroxyl groups excluding tert-OH is 1. The van der Waals surface area contributed by atoms with E-state index in [0.717, 1.165) is 34.1 Å². The van der Waals surface area contributed by atoms with E-state index in [1.807, 2.05) is 12.1 Å². The number of alkyl halides is 3. The highest BCUT2D eigenvalue weighted by Crippen LogP contribution is 2.41. The normalized spacial score (nSPS) is 16.7. The fourth-order valence-electron chi connectivity index (χ4n) is 3.88. The van der Waals surface area contributed by atoms with E-state index >= 15 is 0 Å². The molecule has 3 rings (SSSR count). The lowest BCUT2D eigenvalue weighted by Gasteiger charge is -2.40. The summed E-state index contributed by atoms with van der Waals surface area (Å²) in [7, 11) is -3.00. The van der Waals surface area contributed by atoms with Crippen LogP contribution in [0.1, 0.15) is 29.7 Å². The molecule has 13 heteroatoms. The van der Waals surface area contributed by atoms with Gasteiger partial charge < -0.3 is 10.0 Å². The van der Waals surface area contributed by atoms with E-state index in [2.05, 4.69) is 4.72 Å². The molecule has 1 unspecified atom stereocenters. The molecule has 9 nitrogen and oxygen atoms in total. The molecular formula is C23H20F3N5O4S. The monoisotopic (exact) mass is 519 g/mol. The predicted octanol–water partition coefficient (Wildman–Crippen LogP) is 3.26. The molecule has 2 amide bonds. The number of hydrogen-bond donors (Lipinski definition) is 2. The minimum atomic E-state index is -4.66. The summed E-state index contributed by atoms with van der Waals surface area (Å²) in [5.74, 6) is 0. The average Bonchev–Trinajstić information content (AvgIpc) is 2.84. The Morgan fingerprint density at radius 1 is 1.14 bits per heavy atom. The van der Waals surface area contributed by atoms with Crippen molar-refractivity contribution in [1.82, 2.24) is 9.62 Å². The molecule has 0 radical (unpaired) electrons. The number of amides is 2. The zero-order valence-corrected chi connectivity index (χ0v) is 19.9. The first-order chi connectivity index (χ1) is 16.9. The van der Waals surface area contributed by atoms with E-state index in [1.54, 1.807) is 0 Å². The molecule has 2 N–H and O–H groups in total. The van der Waals surface area contributed by atoms with Crippen molar-refractivity contribution in [2.24, 2.45) is 0 Å². The zero-order chi connectivity index (χ0) is 26.8. The van der Waals surface area contributed by atoms with Gasteiger partial charge in [0, 0.05) is 24.9 Å². The number of sulfonamides is 1. The Bertz CT molecular complexity index is 1420. The Morgan fingerprint density at radius 3 is 2.42 bits per heavy atom. The minimum Gasteiger partial charge on any atom is -0.395 e. The fourth-order valence-corrected chi connectivity index (χ4v) is 5.16. The number of carbonyl (C=O) groups excluding carboxylic acids is 1. The fraction of sp³-hybridized carbons (Fsp3) is 0.261. The van der Waals surface area contributed by atoms with Gasteiger partial charge in [-0.1, -0.05) is 12.1 Å². The molecular weight excluding hydrogens is 499 g/mol. The lowest BCUT2D eigenvalue weighted by molar-refractivity contribution is -0.137. The third-order valence-electron chi connectivity index (χ3n) is 5.56. The van der Waals surface area contributed by atoms with E-state index in [4.69, 9.17) is 5.11 Å². The van der Waals surface area contributed by atoms with E-state index in [-0.39, 0.29) is 39.5 Å². The molecule has 1 atom stereocenters. The Hall–Kier alpha value is -3.91. The highest BCUT2D eigenvalue weighted by Gasteiger charge is 2.41. The molecule has 2 aromatic carbocycles. The van der Waals surface area contributed by atoms with Crippen molar-refractivity contribution in [3.63, 3.8) is 0 Å². The largest absolute Gasteiger partial charge is 0.416 e. The van der Waals surface area contributed by atoms with Crippen LogP contribution in [0.4, 0.5) is 23.7 Å². The second kappa shape index (κ2) is 9.99. The Labute approximate surface area is 205 Å². The van der Waals surface area contributed by atoms with E-state index < -0.39 is 40.4 Å². The van der Waals surface area contributed by atoms with Crippen molar-refractivity contribution >= 4 is 21.7 Å². The van der Waals surface area contributed by atoms with Crippen molar-refractivity contribution in [1.29, 1.82) is 10.5 Å². The maximum Gasteiger partial charge on any atom is 0.416 e. The third-order valence-corrected chi connectivity index (χ3v) is 7.08. The number of nitriles is 2. The highest BCUT2D eigenvalue weighted by atomic mass is 32.2. The van der Waals surface area contributed by atoms with Gasteiger partial charge in [0.2, 0.25) is 10.0 Å². The van der Waals surface area contributed by atoms with Crippen LogP contribution >= 0.6 is 0 Å². The summed E-state index contributed by atoms with van der Waals surface area (Å²) >= 11 is 0. The van der Waals surface area contributed by atoms with Crippen molar-refractivity contribution in [2.45, 2.75) is 24.0 Å². The number of allylic oxidation sites excluding steroid dienone is 1. The predicted molar refractivity (Wildman–Crippen MR) is 122 cm³/mol. The number of hydrogen-bond acceptors (Lipinski definition) is 6. The number of carbonyl (C=O) groups is 1. The summed E-state index contributed by atoms with van der Waals surface area (Å²) in [5.41, 5.74) is -1.19. The van der Waals surface area contributed by atoms with Gasteiger partial charge in [-0.05, 0) is 37.3 Å². The van der Waals surface area contributed by atoms with Crippen LogP contribution < -0.4 is 9.62 Å². The second-order valence-corrected chi connectivity index (χ2v) is 9.51. The van der Waals surface area contributed by atoms with Crippen LogP contribution in [0.25, 0.3) is 0 Å². The smallest absolute Gasteiger partial charge is 0.395 e. The first kappa shape index (κ1) is 26.7. The lowest BCUT2D eigenvalue weighted by atomic mass is 9.93. The number of anilines is 1. The summed E-state index contributed by atoms with van der Waals surface area (Å²) in [4.78, 5) is 15.0. The van der Waals surface area contributed by atoms with E-state index in [0.29, 0.717) is 0 Å². The number of likely N-dealkylation sites (N-methyl/N-ethyl adjacent to an activating group) is 1. The van der Waals surface area contributed by atoms with Crippen molar-refractivity contribution in [2.75, 3.05) is 25.1 Å². The van der Waals surface area contributed by atoms with Gasteiger partial charge in [0.15, 0.2) is 0 Å². The summed E-state index contributed by atoms with van der Waals surface area (Å²) in [6.07, 6.45) is -4.66. The molecule has 188 valence electrons. The highest BCUT2D eigenvalue weighted by molar-refractivity contribution is 7.89. The van der Waals surface area contributed by atoms with Crippen molar-refractivity contribution in [3.8, 4) is 12.1 Å². The maximum atomic E-state index is 13.4. The summed E-state index contributed by atoms with van der Waals surface area (Å²) < 4.78 is 67.9. The van der Waals surface area contributed by atoms with Gasteiger partial charge in [0.25, 0.3) is 0 Å². The first-order valence-electron chi connectivity index (χ1n) is 10.4. The lowest BCUT2D eigenvalue weighted by Crippen LogP contribution is -2.48. The van der Waals surface area contributed by atoms with Gasteiger partial charge in [-0.3, -0.25) is 4.90 Å². The van der Waals surface area contributed by atoms with Gasteiger partial charge in [-0.25, -0.2) is 17.9 Å². The van der Waals surface area contributed by atoms with Gasteiger partial charge in [-0.2, -0.15) is 23.7 Å². The molecule has 0 saturated heterocycles. The molecule has 0 spiro atoms. The summed E-state index contributed by atoms with van der Waals surface area (Å²) in [5, 5.41) is 28.3. The number of nitrogens with one attached hydrogen (secondary N) is 1. The summed E-state index contributed by atoms with van der Waals surface area (Å²) in [6.45, 7) is 0.558. The van der Waals surface area contributed by atoms with Crippen LogP contribution in [-0.4, -0.2) is 44.7 Å². The number of aliphatic hydroxyl groups is 1. The number of benzene rings is 2. The molecule has 36 heavy (non-hydrogen) atoms. The molecule has 1 aliphatic heterocycles. The minimum absolute atomic E-state index is 0.00212. The van der Waals surface area contributed by atoms with E-state index in [9.17, 15) is 36.9 Å². The molecule has 0 fully saturated rings. The Morgan fingerprint density at radius 2 is 1.83 bits per heavy atom. The Kier molecular flexibility index (Phi) is 7.40. The van der Waals surface area contributed by atoms with Crippen molar-refractivity contribution < 1.29 is 31.5 Å². The van der Waals surface area contributed by atoms with Crippen LogP contribution in [0.15, 0.2) is 58.6 Å². The van der Waals surface area contributed by atoms with Crippen LogP contribution in [0.2, 0.25) is 0 Å². The van der Waals surface area contributed by atoms with Crippen LogP contribution in [-0.2, 0) is 16.2 Å². The molecule has 0 bridgehead atoms. The number of halogens is 3. The molecule has 1 heterocycles. The molecule has 1 aliphatic rings. The van der Waals surface area contributed by atoms with Crippen LogP contribution in [0.3, 0.4) is 0 Å². The second-order valence-electron chi connectivity index (χ2n) is 7.78. The van der Waals surface area contributed by atoms with Crippen LogP contribution in [0, 0.1) is 22.7 Å². The van der Waals surface area contributed by atoms with Gasteiger partial charge >= 0.3 is 12.2 Å². The molecule has 0 aliphatic carbocycles.